The van der Waals surface area contributed by atoms with Crippen molar-refractivity contribution in [1.82, 2.24) is 0 Å². The number of rotatable bonds is 3. The van der Waals surface area contributed by atoms with Crippen molar-refractivity contribution in [2.75, 3.05) is 5.23 Å². The Morgan fingerprint density at radius 3 is 2.20 bits per heavy atom. The Labute approximate surface area is 148 Å². The molecule has 0 fully saturated rings. The second-order valence-electron chi connectivity index (χ2n) is 4.23. The molecule has 0 aromatic heterocycles. The summed E-state index contributed by atoms with van der Waals surface area (Å²) in [4.78, 5) is 0. The third-order valence-electron chi connectivity index (χ3n) is 2.44. The van der Waals surface area contributed by atoms with Gasteiger partial charge in [-0.1, -0.05) is 34.8 Å². The van der Waals surface area contributed by atoms with Crippen molar-refractivity contribution in [3.8, 4) is 11.8 Å². The summed E-state index contributed by atoms with van der Waals surface area (Å²) in [6.07, 6.45) is -2.13. The molecular weight excluding hydrogens is 362 g/mol. The van der Waals surface area contributed by atoms with Gasteiger partial charge in [0, 0.05) is 6.08 Å². The molecule has 2 N–H and O–H groups in total. The predicted octanol–water partition coefficient (Wildman–Crippen LogP) is 4.79. The van der Waals surface area contributed by atoms with Gasteiger partial charge in [-0.25, -0.2) is 5.84 Å². The minimum atomic E-state index is -4.70. The first-order chi connectivity index (χ1) is 11.3. The van der Waals surface area contributed by atoms with Crippen molar-refractivity contribution >= 4 is 24.2 Å². The summed E-state index contributed by atoms with van der Waals surface area (Å²) in [6.45, 7) is 0. The lowest BCUT2D eigenvalue weighted by atomic mass is 10.2. The van der Waals surface area contributed by atoms with Gasteiger partial charge < -0.3 is 4.74 Å². The van der Waals surface area contributed by atoms with Crippen molar-refractivity contribution in [2.45, 2.75) is 6.36 Å². The number of hydrazine groups is 1. The number of hydrogen-bond donors (Lipinski definition) is 1. The molecule has 0 saturated heterocycles. The van der Waals surface area contributed by atoms with Crippen LogP contribution in [0.1, 0.15) is 5.56 Å². The van der Waals surface area contributed by atoms with Crippen LogP contribution in [0.15, 0.2) is 60.7 Å². The van der Waals surface area contributed by atoms with Gasteiger partial charge in [-0.05, 0) is 35.9 Å². The molecule has 4 nitrogen and oxygen atoms in total. The summed E-state index contributed by atoms with van der Waals surface area (Å²) in [6, 6.07) is 15.5. The zero-order valence-corrected chi connectivity index (χ0v) is 13.5. The molecule has 0 aliphatic heterocycles. The van der Waals surface area contributed by atoms with E-state index < -0.39 is 6.36 Å². The normalized spacial score (nSPS) is 10.1. The Morgan fingerprint density at radius 1 is 1.08 bits per heavy atom. The number of nitrogens with zero attached hydrogens (tertiary/aromatic N) is 2. The summed E-state index contributed by atoms with van der Waals surface area (Å²) in [5, 5.41) is 8.32. The topological polar surface area (TPSA) is 62.3 Å². The molecule has 0 aliphatic carbocycles. The fourth-order valence-electron chi connectivity index (χ4n) is 1.52. The molecule has 9 heteroatoms. The molecule has 0 unspecified atom stereocenters. The molecule has 0 atom stereocenters. The smallest absolute Gasteiger partial charge is 0.406 e. The lowest BCUT2D eigenvalue weighted by Crippen LogP contribution is -2.19. The van der Waals surface area contributed by atoms with Gasteiger partial charge in [-0.3, -0.25) is 0 Å². The average Bonchev–Trinajstić information content (AvgIpc) is 2.53. The molecule has 2 aromatic rings. The van der Waals surface area contributed by atoms with E-state index in [2.05, 4.69) is 4.74 Å². The van der Waals surface area contributed by atoms with Crippen molar-refractivity contribution < 1.29 is 22.4 Å². The zero-order valence-electron chi connectivity index (χ0n) is 12.7. The van der Waals surface area contributed by atoms with E-state index in [0.29, 0.717) is 11.3 Å². The van der Waals surface area contributed by atoms with Crippen LogP contribution in [0.5, 0.6) is 5.75 Å². The number of ether oxygens (including phenoxy) is 1. The Kier molecular flexibility index (Phi) is 9.71. The average molecular weight is 376 g/mol. The molecule has 0 bridgehead atoms. The molecule has 0 aliphatic rings. The van der Waals surface area contributed by atoms with E-state index in [1.807, 2.05) is 0 Å². The molecule has 134 valence electrons. The van der Waals surface area contributed by atoms with Gasteiger partial charge in [0.05, 0.1) is 11.8 Å². The van der Waals surface area contributed by atoms with Crippen LogP contribution in [0.2, 0.25) is 0 Å². The second-order valence-corrected chi connectivity index (χ2v) is 4.23. The van der Waals surface area contributed by atoms with E-state index in [0.717, 1.165) is 0 Å². The summed E-state index contributed by atoms with van der Waals surface area (Å²) in [7, 11) is 0. The lowest BCUT2D eigenvalue weighted by molar-refractivity contribution is -0.274. The first kappa shape index (κ1) is 22.2. The largest absolute Gasteiger partial charge is 0.573 e. The third kappa shape index (κ3) is 9.86. The minimum Gasteiger partial charge on any atom is -0.406 e. The van der Waals surface area contributed by atoms with Gasteiger partial charge in [0.15, 0.2) is 0 Å². The number of benzene rings is 2. The van der Waals surface area contributed by atoms with Gasteiger partial charge in [0.25, 0.3) is 0 Å². The summed E-state index contributed by atoms with van der Waals surface area (Å²) in [5.74, 6) is 4.48. The van der Waals surface area contributed by atoms with Crippen molar-refractivity contribution in [3.63, 3.8) is 0 Å². The molecule has 0 saturated carbocycles. The van der Waals surface area contributed by atoms with Gasteiger partial charge in [0.2, 0.25) is 0 Å². The molecule has 25 heavy (non-hydrogen) atoms. The fraction of sp³-hybridized carbons (Fsp3) is 0.0625. The molecule has 2 aromatic carbocycles. The van der Waals surface area contributed by atoms with Crippen molar-refractivity contribution in [2.24, 2.45) is 5.84 Å². The van der Waals surface area contributed by atoms with E-state index in [9.17, 15) is 17.7 Å². The van der Waals surface area contributed by atoms with Crippen LogP contribution in [0, 0.1) is 11.3 Å². The minimum absolute atomic E-state index is 0. The SMILES string of the molecule is Cl.N#C/C=C\c1cccc(OC(F)(F)F)c1.NN(F)c1ccccc1. The number of nitrogens with two attached hydrogens (primary N) is 1. The maximum absolute atomic E-state index is 12.0. The Hall–Kier alpha value is -2.76. The first-order valence-corrected chi connectivity index (χ1v) is 6.49. The molecule has 2 rings (SSSR count). The molecular formula is C16H14ClF4N3O. The van der Waals surface area contributed by atoms with E-state index in [1.165, 1.54) is 30.4 Å². The highest BCUT2D eigenvalue weighted by atomic mass is 35.5. The van der Waals surface area contributed by atoms with Crippen LogP contribution in [0.25, 0.3) is 6.08 Å². The second kappa shape index (κ2) is 10.9. The predicted molar refractivity (Wildman–Crippen MR) is 89.2 cm³/mol. The first-order valence-electron chi connectivity index (χ1n) is 6.49. The number of alkyl halides is 3. The number of anilines is 1. The maximum Gasteiger partial charge on any atom is 0.573 e. The van der Waals surface area contributed by atoms with Crippen LogP contribution < -0.4 is 15.8 Å². The number of para-hydroxylation sites is 1. The van der Waals surface area contributed by atoms with Gasteiger partial charge in [-0.15, -0.1) is 30.8 Å². The van der Waals surface area contributed by atoms with E-state index >= 15 is 0 Å². The van der Waals surface area contributed by atoms with Gasteiger partial charge >= 0.3 is 6.36 Å². The highest BCUT2D eigenvalue weighted by Gasteiger charge is 2.30. The van der Waals surface area contributed by atoms with Crippen LogP contribution in [0.4, 0.5) is 23.3 Å². The van der Waals surface area contributed by atoms with Crippen LogP contribution in [0.3, 0.4) is 0 Å². The van der Waals surface area contributed by atoms with E-state index in [-0.39, 0.29) is 23.4 Å². The van der Waals surface area contributed by atoms with Crippen LogP contribution in [-0.4, -0.2) is 6.36 Å². The Balaban J connectivity index is 0.000000495. The standard InChI is InChI=1S/C10H6F3NO.C6H7FN2.ClH/c11-10(12,13)15-9-5-1-3-8(7-9)4-2-6-14;7-9(8)6-4-2-1-3-5-6;/h1-5,7H;1-5H,8H2;1H/b4-2-;;. The summed E-state index contributed by atoms with van der Waals surface area (Å²) in [5.41, 5.74) is 0.829. The number of hydrogen-bond acceptors (Lipinski definition) is 4. The Bertz CT molecular complexity index is 701. The van der Waals surface area contributed by atoms with Crippen LogP contribution in [-0.2, 0) is 0 Å². The summed E-state index contributed by atoms with van der Waals surface area (Å²) >= 11 is 0. The summed E-state index contributed by atoms with van der Waals surface area (Å²) < 4.78 is 51.2. The van der Waals surface area contributed by atoms with Crippen molar-refractivity contribution in [1.29, 1.82) is 5.26 Å². The molecule has 0 heterocycles. The van der Waals surface area contributed by atoms with Crippen LogP contribution >= 0.6 is 12.4 Å². The zero-order chi connectivity index (χ0) is 18.0. The number of halogens is 5. The third-order valence-corrected chi connectivity index (χ3v) is 2.44. The molecule has 0 amide bonds. The quantitative estimate of drug-likeness (QED) is 0.275. The van der Waals surface area contributed by atoms with Crippen molar-refractivity contribution in [3.05, 3.63) is 66.2 Å². The highest BCUT2D eigenvalue weighted by Crippen LogP contribution is 2.23. The molecule has 0 spiro atoms. The van der Waals surface area contributed by atoms with Gasteiger partial charge in [0.1, 0.15) is 5.75 Å². The lowest BCUT2D eigenvalue weighted by Gasteiger charge is -2.08. The highest BCUT2D eigenvalue weighted by molar-refractivity contribution is 5.85. The molecule has 0 radical (unpaired) electrons. The number of nitriles is 1. The maximum atomic E-state index is 12.0. The van der Waals surface area contributed by atoms with E-state index in [4.69, 9.17) is 11.1 Å². The van der Waals surface area contributed by atoms with Gasteiger partial charge in [-0.2, -0.15) is 5.26 Å². The van der Waals surface area contributed by atoms with E-state index in [1.54, 1.807) is 42.5 Å². The number of allylic oxidation sites excluding steroid dienone is 1. The Morgan fingerprint density at radius 2 is 1.72 bits per heavy atom. The monoisotopic (exact) mass is 375 g/mol. The fourth-order valence-corrected chi connectivity index (χ4v) is 1.52.